The quantitative estimate of drug-likeness (QED) is 0.759. The zero-order valence-electron chi connectivity index (χ0n) is 14.2. The van der Waals surface area contributed by atoms with Crippen LogP contribution in [0.25, 0.3) is 10.2 Å². The van der Waals surface area contributed by atoms with Gasteiger partial charge in [-0.15, -0.1) is 0 Å². The van der Waals surface area contributed by atoms with Gasteiger partial charge in [0.15, 0.2) is 11.7 Å². The minimum absolute atomic E-state index is 0.275. The van der Waals surface area contributed by atoms with E-state index in [0.717, 1.165) is 22.4 Å². The van der Waals surface area contributed by atoms with Gasteiger partial charge >= 0.3 is 5.97 Å². The number of benzene rings is 1. The number of methoxy groups -OCH3 is 1. The van der Waals surface area contributed by atoms with Crippen LogP contribution in [0.1, 0.15) is 38.5 Å². The monoisotopic (exact) mass is 362 g/mol. The van der Waals surface area contributed by atoms with Crippen molar-refractivity contribution in [2.24, 2.45) is 5.92 Å². The van der Waals surface area contributed by atoms with E-state index in [9.17, 15) is 9.59 Å². The number of amides is 1. The Morgan fingerprint density at radius 3 is 2.88 bits per heavy atom. The number of fused-ring (bicyclic) bond motifs is 1. The topological polar surface area (TPSA) is 77.5 Å². The SMILES string of the molecule is COc1ccc2nc(NC(=O)COC(=O)CCC3CCCC3)sc2c1. The second-order valence-corrected chi connectivity index (χ2v) is 7.28. The largest absolute Gasteiger partial charge is 0.497 e. The summed E-state index contributed by atoms with van der Waals surface area (Å²) in [6.07, 6.45) is 6.18. The van der Waals surface area contributed by atoms with E-state index in [-0.39, 0.29) is 18.5 Å². The molecule has 134 valence electrons. The average Bonchev–Trinajstić information content (AvgIpc) is 3.26. The summed E-state index contributed by atoms with van der Waals surface area (Å²) in [6, 6.07) is 5.52. The van der Waals surface area contributed by atoms with Gasteiger partial charge in [0, 0.05) is 6.42 Å². The lowest BCUT2D eigenvalue weighted by molar-refractivity contribution is -0.147. The Morgan fingerprint density at radius 2 is 2.12 bits per heavy atom. The molecule has 2 aromatic rings. The minimum Gasteiger partial charge on any atom is -0.497 e. The Hall–Kier alpha value is -2.15. The van der Waals surface area contributed by atoms with Crippen molar-refractivity contribution in [2.45, 2.75) is 38.5 Å². The van der Waals surface area contributed by atoms with Crippen LogP contribution in [0.15, 0.2) is 18.2 Å². The Bertz CT molecular complexity index is 753. The highest BCUT2D eigenvalue weighted by atomic mass is 32.1. The first kappa shape index (κ1) is 17.7. The lowest BCUT2D eigenvalue weighted by Crippen LogP contribution is -2.20. The lowest BCUT2D eigenvalue weighted by Gasteiger charge is -2.08. The molecule has 1 aromatic carbocycles. The Kier molecular flexibility index (Phi) is 5.86. The van der Waals surface area contributed by atoms with Crippen molar-refractivity contribution < 1.29 is 19.1 Å². The Balaban J connectivity index is 1.44. The van der Waals surface area contributed by atoms with Gasteiger partial charge < -0.3 is 9.47 Å². The summed E-state index contributed by atoms with van der Waals surface area (Å²) >= 11 is 1.35. The van der Waals surface area contributed by atoms with Gasteiger partial charge in [-0.2, -0.15) is 0 Å². The first-order valence-electron chi connectivity index (χ1n) is 8.54. The summed E-state index contributed by atoms with van der Waals surface area (Å²) in [4.78, 5) is 28.0. The lowest BCUT2D eigenvalue weighted by atomic mass is 10.0. The zero-order chi connectivity index (χ0) is 17.6. The highest BCUT2D eigenvalue weighted by molar-refractivity contribution is 7.22. The second kappa shape index (κ2) is 8.29. The molecule has 0 saturated heterocycles. The number of anilines is 1. The van der Waals surface area contributed by atoms with Crippen molar-refractivity contribution in [1.29, 1.82) is 0 Å². The molecule has 0 atom stereocenters. The maximum absolute atomic E-state index is 11.9. The van der Waals surface area contributed by atoms with Gasteiger partial charge in [0.2, 0.25) is 0 Å². The molecule has 6 nitrogen and oxygen atoms in total. The van der Waals surface area contributed by atoms with Crippen LogP contribution in [-0.2, 0) is 14.3 Å². The van der Waals surface area contributed by atoms with E-state index in [4.69, 9.17) is 9.47 Å². The normalized spacial score (nSPS) is 14.6. The number of thiazole rings is 1. The molecule has 0 unspecified atom stereocenters. The predicted octanol–water partition coefficient (Wildman–Crippen LogP) is 3.76. The fourth-order valence-corrected chi connectivity index (χ4v) is 3.99. The number of hydrogen-bond acceptors (Lipinski definition) is 6. The molecule has 0 bridgehead atoms. The van der Waals surface area contributed by atoms with Gasteiger partial charge in [0.1, 0.15) is 5.75 Å². The number of esters is 1. The summed E-state index contributed by atoms with van der Waals surface area (Å²) in [5.41, 5.74) is 0.787. The summed E-state index contributed by atoms with van der Waals surface area (Å²) in [5.74, 6) is 0.697. The van der Waals surface area contributed by atoms with Crippen LogP contribution in [0, 0.1) is 5.92 Å². The third-order valence-corrected chi connectivity index (χ3v) is 5.37. The van der Waals surface area contributed by atoms with Crippen LogP contribution >= 0.6 is 11.3 Å². The average molecular weight is 362 g/mol. The van der Waals surface area contributed by atoms with E-state index in [1.807, 2.05) is 18.2 Å². The van der Waals surface area contributed by atoms with Crippen LogP contribution in [0.5, 0.6) is 5.75 Å². The number of nitrogens with one attached hydrogen (secondary N) is 1. The van der Waals surface area contributed by atoms with Gasteiger partial charge in [0.05, 0.1) is 17.3 Å². The zero-order valence-corrected chi connectivity index (χ0v) is 15.1. The molecule has 1 saturated carbocycles. The standard InChI is InChI=1S/C18H22N2O4S/c1-23-13-7-8-14-15(10-13)25-18(19-14)20-16(21)11-24-17(22)9-6-12-4-2-3-5-12/h7-8,10,12H,2-6,9,11H2,1H3,(H,19,20,21). The molecule has 0 radical (unpaired) electrons. The third-order valence-electron chi connectivity index (χ3n) is 4.44. The van der Waals surface area contributed by atoms with Gasteiger partial charge in [0.25, 0.3) is 5.91 Å². The van der Waals surface area contributed by atoms with Crippen LogP contribution in [0.4, 0.5) is 5.13 Å². The predicted molar refractivity (Wildman–Crippen MR) is 97.0 cm³/mol. The van der Waals surface area contributed by atoms with E-state index in [2.05, 4.69) is 10.3 Å². The van der Waals surface area contributed by atoms with Crippen molar-refractivity contribution in [2.75, 3.05) is 19.0 Å². The fourth-order valence-electron chi connectivity index (χ4n) is 3.08. The minimum atomic E-state index is -0.375. The number of rotatable bonds is 7. The molecule has 7 heteroatoms. The van der Waals surface area contributed by atoms with E-state index in [1.165, 1.54) is 37.0 Å². The second-order valence-electron chi connectivity index (χ2n) is 6.25. The number of hydrogen-bond donors (Lipinski definition) is 1. The number of nitrogens with zero attached hydrogens (tertiary/aromatic N) is 1. The molecule has 1 aliphatic rings. The molecule has 1 N–H and O–H groups in total. The summed E-state index contributed by atoms with van der Waals surface area (Å²) in [7, 11) is 1.60. The van der Waals surface area contributed by atoms with E-state index < -0.39 is 0 Å². The third kappa shape index (κ3) is 4.92. The highest BCUT2D eigenvalue weighted by Crippen LogP contribution is 2.29. The molecular weight excluding hydrogens is 340 g/mol. The summed E-state index contributed by atoms with van der Waals surface area (Å²) in [5, 5.41) is 3.15. The molecule has 0 aliphatic heterocycles. The van der Waals surface area contributed by atoms with Gasteiger partial charge in [-0.3, -0.25) is 14.9 Å². The van der Waals surface area contributed by atoms with Gasteiger partial charge in [-0.05, 0) is 30.5 Å². The van der Waals surface area contributed by atoms with E-state index in [1.54, 1.807) is 7.11 Å². The first-order valence-corrected chi connectivity index (χ1v) is 9.36. The molecular formula is C18H22N2O4S. The van der Waals surface area contributed by atoms with Crippen molar-refractivity contribution in [3.05, 3.63) is 18.2 Å². The maximum atomic E-state index is 11.9. The van der Waals surface area contributed by atoms with E-state index >= 15 is 0 Å². The molecule has 1 aliphatic carbocycles. The van der Waals surface area contributed by atoms with Gasteiger partial charge in [-0.25, -0.2) is 4.98 Å². The molecule has 1 fully saturated rings. The maximum Gasteiger partial charge on any atom is 0.306 e. The van der Waals surface area contributed by atoms with Crippen molar-refractivity contribution in [1.82, 2.24) is 4.98 Å². The number of ether oxygens (including phenoxy) is 2. The van der Waals surface area contributed by atoms with Crippen LogP contribution in [-0.4, -0.2) is 30.6 Å². The number of carbonyl (C=O) groups excluding carboxylic acids is 2. The molecule has 1 amide bonds. The van der Waals surface area contributed by atoms with Crippen LogP contribution < -0.4 is 10.1 Å². The van der Waals surface area contributed by atoms with Crippen molar-refractivity contribution in [3.63, 3.8) is 0 Å². The fraction of sp³-hybridized carbons (Fsp3) is 0.500. The van der Waals surface area contributed by atoms with Crippen molar-refractivity contribution in [3.8, 4) is 5.75 Å². The summed E-state index contributed by atoms with van der Waals surface area (Å²) < 4.78 is 11.1. The van der Waals surface area contributed by atoms with E-state index in [0.29, 0.717) is 17.5 Å². The van der Waals surface area contributed by atoms with Crippen LogP contribution in [0.3, 0.4) is 0 Å². The Morgan fingerprint density at radius 1 is 1.32 bits per heavy atom. The molecule has 1 aromatic heterocycles. The first-order chi connectivity index (χ1) is 12.1. The smallest absolute Gasteiger partial charge is 0.306 e. The Labute approximate surface area is 150 Å². The van der Waals surface area contributed by atoms with Crippen molar-refractivity contribution >= 4 is 38.6 Å². The van der Waals surface area contributed by atoms with Crippen LogP contribution in [0.2, 0.25) is 0 Å². The molecule has 25 heavy (non-hydrogen) atoms. The number of carbonyl (C=O) groups is 2. The number of aromatic nitrogens is 1. The highest BCUT2D eigenvalue weighted by Gasteiger charge is 2.17. The molecule has 0 spiro atoms. The van der Waals surface area contributed by atoms with Gasteiger partial charge in [-0.1, -0.05) is 37.0 Å². The molecule has 1 heterocycles. The summed E-state index contributed by atoms with van der Waals surface area (Å²) in [6.45, 7) is -0.275. The molecule has 3 rings (SSSR count).